The fraction of sp³-hybridized carbons (Fsp3) is 0.368. The van der Waals surface area contributed by atoms with E-state index in [0.29, 0.717) is 6.04 Å². The third kappa shape index (κ3) is 3.32. The fourth-order valence-corrected chi connectivity index (χ4v) is 3.23. The van der Waals surface area contributed by atoms with Crippen molar-refractivity contribution in [2.45, 2.75) is 31.3 Å². The Hall–Kier alpha value is -1.84. The summed E-state index contributed by atoms with van der Waals surface area (Å²) < 4.78 is 5.33. The van der Waals surface area contributed by atoms with Gasteiger partial charge in [-0.05, 0) is 48.1 Å². The highest BCUT2D eigenvalue weighted by atomic mass is 16.5. The molecule has 0 spiro atoms. The van der Waals surface area contributed by atoms with Crippen molar-refractivity contribution in [1.82, 2.24) is 5.32 Å². The highest BCUT2D eigenvalue weighted by molar-refractivity contribution is 5.38. The zero-order valence-electron chi connectivity index (χ0n) is 13.0. The lowest BCUT2D eigenvalue weighted by Crippen LogP contribution is -2.38. The third-order valence-electron chi connectivity index (χ3n) is 4.46. The van der Waals surface area contributed by atoms with Crippen LogP contribution in [0.1, 0.15) is 29.2 Å². The fourth-order valence-electron chi connectivity index (χ4n) is 3.23. The number of benzene rings is 2. The average molecular weight is 297 g/mol. The van der Waals surface area contributed by atoms with E-state index in [1.807, 2.05) is 24.3 Å². The van der Waals surface area contributed by atoms with Crippen molar-refractivity contribution in [2.24, 2.45) is 0 Å². The van der Waals surface area contributed by atoms with E-state index >= 15 is 0 Å². The lowest BCUT2D eigenvalue weighted by atomic mass is 9.87. The number of hydrogen-bond acceptors (Lipinski definition) is 3. The van der Waals surface area contributed by atoms with Gasteiger partial charge in [0.2, 0.25) is 0 Å². The number of rotatable bonds is 5. The average Bonchev–Trinajstić information content (AvgIpc) is 2.59. The standard InChI is InChI=1S/C19H23NO2/c1-22-18-10-8-14-7-9-17(11-16(14)12-18)20-19(13-21)15-5-3-2-4-6-15/h2-6,8,10,12,17,19-21H,7,9,11,13H2,1H3/t17?,19-/m1/s1. The Morgan fingerprint density at radius 3 is 2.73 bits per heavy atom. The van der Waals surface area contributed by atoms with Gasteiger partial charge in [-0.25, -0.2) is 0 Å². The summed E-state index contributed by atoms with van der Waals surface area (Å²) in [6.45, 7) is 0.117. The van der Waals surface area contributed by atoms with Crippen LogP contribution in [0.3, 0.4) is 0 Å². The van der Waals surface area contributed by atoms with E-state index in [1.54, 1.807) is 7.11 Å². The van der Waals surface area contributed by atoms with Crippen molar-refractivity contribution in [3.8, 4) is 5.75 Å². The summed E-state index contributed by atoms with van der Waals surface area (Å²) in [7, 11) is 1.71. The first-order chi connectivity index (χ1) is 10.8. The van der Waals surface area contributed by atoms with Gasteiger partial charge in [0.1, 0.15) is 5.75 Å². The van der Waals surface area contributed by atoms with Gasteiger partial charge in [0, 0.05) is 6.04 Å². The van der Waals surface area contributed by atoms with Crippen molar-refractivity contribution in [3.05, 3.63) is 65.2 Å². The summed E-state index contributed by atoms with van der Waals surface area (Å²) >= 11 is 0. The van der Waals surface area contributed by atoms with Gasteiger partial charge >= 0.3 is 0 Å². The summed E-state index contributed by atoms with van der Waals surface area (Å²) in [4.78, 5) is 0. The second-order valence-electron chi connectivity index (χ2n) is 5.89. The Labute approximate surface area is 131 Å². The Bertz CT molecular complexity index is 612. The molecule has 3 heteroatoms. The van der Waals surface area contributed by atoms with Crippen LogP contribution in [0, 0.1) is 0 Å². The van der Waals surface area contributed by atoms with Crippen LogP contribution in [0.4, 0.5) is 0 Å². The number of aliphatic hydroxyl groups excluding tert-OH is 1. The second-order valence-corrected chi connectivity index (χ2v) is 5.89. The molecule has 0 heterocycles. The molecule has 0 aliphatic heterocycles. The normalized spacial score (nSPS) is 18.5. The molecule has 2 aromatic carbocycles. The van der Waals surface area contributed by atoms with E-state index in [2.05, 4.69) is 29.6 Å². The summed E-state index contributed by atoms with van der Waals surface area (Å²) in [5, 5.41) is 13.3. The van der Waals surface area contributed by atoms with Crippen LogP contribution >= 0.6 is 0 Å². The molecule has 0 aromatic heterocycles. The Morgan fingerprint density at radius 1 is 1.18 bits per heavy atom. The molecule has 0 saturated carbocycles. The lowest BCUT2D eigenvalue weighted by molar-refractivity contribution is 0.228. The summed E-state index contributed by atoms with van der Waals surface area (Å²) in [5.74, 6) is 0.918. The van der Waals surface area contributed by atoms with Crippen LogP contribution in [0.2, 0.25) is 0 Å². The van der Waals surface area contributed by atoms with Crippen molar-refractivity contribution < 1.29 is 9.84 Å². The molecule has 3 nitrogen and oxygen atoms in total. The number of ether oxygens (including phenoxy) is 1. The number of aryl methyl sites for hydroxylation is 1. The number of aliphatic hydroxyl groups is 1. The van der Waals surface area contributed by atoms with Gasteiger partial charge in [-0.2, -0.15) is 0 Å². The molecule has 1 unspecified atom stereocenters. The zero-order valence-corrected chi connectivity index (χ0v) is 13.0. The van der Waals surface area contributed by atoms with Crippen molar-refractivity contribution in [1.29, 1.82) is 0 Å². The van der Waals surface area contributed by atoms with Crippen molar-refractivity contribution in [3.63, 3.8) is 0 Å². The molecule has 0 amide bonds. The molecule has 3 rings (SSSR count). The monoisotopic (exact) mass is 297 g/mol. The van der Waals surface area contributed by atoms with E-state index in [0.717, 1.165) is 30.6 Å². The molecule has 0 radical (unpaired) electrons. The number of hydrogen-bond donors (Lipinski definition) is 2. The predicted octanol–water partition coefficient (Wildman–Crippen LogP) is 2.88. The van der Waals surface area contributed by atoms with Crippen LogP contribution in [0.15, 0.2) is 48.5 Å². The summed E-state index contributed by atoms with van der Waals surface area (Å²) in [6.07, 6.45) is 3.16. The molecule has 1 aliphatic carbocycles. The molecule has 2 atom stereocenters. The molecule has 116 valence electrons. The van der Waals surface area contributed by atoms with E-state index in [-0.39, 0.29) is 12.6 Å². The first-order valence-electron chi connectivity index (χ1n) is 7.88. The molecule has 0 bridgehead atoms. The van der Waals surface area contributed by atoms with E-state index in [4.69, 9.17) is 4.74 Å². The number of nitrogens with one attached hydrogen (secondary N) is 1. The first kappa shape index (κ1) is 15.1. The molecule has 2 aromatic rings. The Balaban J connectivity index is 1.71. The topological polar surface area (TPSA) is 41.5 Å². The lowest BCUT2D eigenvalue weighted by Gasteiger charge is -2.29. The second kappa shape index (κ2) is 6.95. The quantitative estimate of drug-likeness (QED) is 0.891. The Kier molecular flexibility index (Phi) is 4.76. The van der Waals surface area contributed by atoms with E-state index in [1.165, 1.54) is 11.1 Å². The molecule has 0 saturated heterocycles. The van der Waals surface area contributed by atoms with Crippen LogP contribution in [-0.4, -0.2) is 24.9 Å². The minimum Gasteiger partial charge on any atom is -0.497 e. The molecule has 22 heavy (non-hydrogen) atoms. The molecular weight excluding hydrogens is 274 g/mol. The highest BCUT2D eigenvalue weighted by Gasteiger charge is 2.22. The smallest absolute Gasteiger partial charge is 0.119 e. The van der Waals surface area contributed by atoms with Gasteiger partial charge in [0.05, 0.1) is 19.8 Å². The van der Waals surface area contributed by atoms with Gasteiger partial charge in [0.15, 0.2) is 0 Å². The van der Waals surface area contributed by atoms with Crippen molar-refractivity contribution >= 4 is 0 Å². The maximum atomic E-state index is 9.71. The SMILES string of the molecule is COc1ccc2c(c1)CC(N[C@H](CO)c1ccccc1)CC2. The van der Waals surface area contributed by atoms with Gasteiger partial charge in [0.25, 0.3) is 0 Å². The largest absolute Gasteiger partial charge is 0.497 e. The van der Waals surface area contributed by atoms with Crippen molar-refractivity contribution in [2.75, 3.05) is 13.7 Å². The highest BCUT2D eigenvalue weighted by Crippen LogP contribution is 2.27. The third-order valence-corrected chi connectivity index (χ3v) is 4.46. The number of fused-ring (bicyclic) bond motifs is 1. The summed E-state index contributed by atoms with van der Waals surface area (Å²) in [5.41, 5.74) is 3.91. The first-order valence-corrected chi connectivity index (χ1v) is 7.88. The minimum absolute atomic E-state index is 0.00152. The van der Waals surface area contributed by atoms with Crippen LogP contribution in [-0.2, 0) is 12.8 Å². The maximum Gasteiger partial charge on any atom is 0.119 e. The molecule has 1 aliphatic rings. The van der Waals surface area contributed by atoms with Crippen LogP contribution in [0.25, 0.3) is 0 Å². The van der Waals surface area contributed by atoms with Gasteiger partial charge in [-0.3, -0.25) is 0 Å². The van der Waals surface area contributed by atoms with Crippen LogP contribution in [0.5, 0.6) is 5.75 Å². The summed E-state index contributed by atoms with van der Waals surface area (Å²) in [6, 6.07) is 16.9. The zero-order chi connectivity index (χ0) is 15.4. The van der Waals surface area contributed by atoms with E-state index in [9.17, 15) is 5.11 Å². The van der Waals surface area contributed by atoms with Crippen LogP contribution < -0.4 is 10.1 Å². The Morgan fingerprint density at radius 2 is 2.00 bits per heavy atom. The van der Waals surface area contributed by atoms with Gasteiger partial charge < -0.3 is 15.2 Å². The minimum atomic E-state index is -0.00152. The molecular formula is C19H23NO2. The van der Waals surface area contributed by atoms with Gasteiger partial charge in [-0.1, -0.05) is 36.4 Å². The molecule has 2 N–H and O–H groups in total. The molecule has 0 fully saturated rings. The predicted molar refractivity (Wildman–Crippen MR) is 88.2 cm³/mol. The number of methoxy groups -OCH3 is 1. The maximum absolute atomic E-state index is 9.71. The van der Waals surface area contributed by atoms with Gasteiger partial charge in [-0.15, -0.1) is 0 Å². The van der Waals surface area contributed by atoms with E-state index < -0.39 is 0 Å².